The molecule has 0 aliphatic heterocycles. The highest BCUT2D eigenvalue weighted by atomic mass is 16.2. The maximum atomic E-state index is 12.3. The highest BCUT2D eigenvalue weighted by Gasteiger charge is 2.06. The van der Waals surface area contributed by atoms with Crippen molar-refractivity contribution in [2.45, 2.75) is 13.3 Å². The zero-order valence-corrected chi connectivity index (χ0v) is 17.5. The van der Waals surface area contributed by atoms with E-state index in [2.05, 4.69) is 43.1 Å². The predicted octanol–water partition coefficient (Wildman–Crippen LogP) is 5.57. The molecule has 0 bridgehead atoms. The number of carbonyl (C=O) groups excluding carboxylic acids is 1. The van der Waals surface area contributed by atoms with E-state index >= 15 is 0 Å². The van der Waals surface area contributed by atoms with Crippen molar-refractivity contribution >= 4 is 40.5 Å². The monoisotopic (exact) mass is 425 g/mol. The molecular weight excluding hydrogens is 402 g/mol. The number of para-hydroxylation sites is 1. The molecule has 32 heavy (non-hydrogen) atoms. The second-order valence-electron chi connectivity index (χ2n) is 6.92. The fourth-order valence-electron chi connectivity index (χ4n) is 3.08. The van der Waals surface area contributed by atoms with Gasteiger partial charge in [-0.2, -0.15) is 0 Å². The van der Waals surface area contributed by atoms with Crippen LogP contribution in [0.2, 0.25) is 0 Å². The van der Waals surface area contributed by atoms with Crippen molar-refractivity contribution in [2.24, 2.45) is 0 Å². The molecule has 8 nitrogen and oxygen atoms in total. The summed E-state index contributed by atoms with van der Waals surface area (Å²) in [6.07, 6.45) is 4.03. The zero-order chi connectivity index (χ0) is 22.2. The predicted molar refractivity (Wildman–Crippen MR) is 128 cm³/mol. The van der Waals surface area contributed by atoms with E-state index in [1.165, 1.54) is 6.33 Å². The van der Waals surface area contributed by atoms with Crippen LogP contribution in [0.5, 0.6) is 0 Å². The largest absolute Gasteiger partial charge is 0.340 e. The molecule has 0 radical (unpaired) electrons. The van der Waals surface area contributed by atoms with Gasteiger partial charge in [0.2, 0.25) is 0 Å². The molecule has 2 aromatic heterocycles. The van der Waals surface area contributed by atoms with Gasteiger partial charge in [0.25, 0.3) is 0 Å². The summed E-state index contributed by atoms with van der Waals surface area (Å²) in [5, 5.41) is 12.1. The number of nitrogens with one attached hydrogen (secondary N) is 4. The molecule has 0 fully saturated rings. The Morgan fingerprint density at radius 2 is 1.47 bits per heavy atom. The van der Waals surface area contributed by atoms with Gasteiger partial charge in [-0.1, -0.05) is 31.2 Å². The number of pyridine rings is 1. The van der Waals surface area contributed by atoms with Crippen LogP contribution in [0.3, 0.4) is 0 Å². The average Bonchev–Trinajstić information content (AvgIpc) is 2.82. The number of carbonyl (C=O) groups is 1. The Hall–Kier alpha value is -4.46. The number of benzene rings is 2. The van der Waals surface area contributed by atoms with Crippen molar-refractivity contribution < 1.29 is 4.79 Å². The van der Waals surface area contributed by atoms with Gasteiger partial charge in [0.05, 0.1) is 0 Å². The summed E-state index contributed by atoms with van der Waals surface area (Å²) in [6.45, 7) is 2.05. The number of anilines is 6. The maximum absolute atomic E-state index is 12.3. The Labute approximate surface area is 186 Å². The molecule has 0 saturated carbocycles. The Morgan fingerprint density at radius 1 is 0.750 bits per heavy atom. The van der Waals surface area contributed by atoms with Crippen LogP contribution in [0.25, 0.3) is 0 Å². The van der Waals surface area contributed by atoms with E-state index in [4.69, 9.17) is 0 Å². The highest BCUT2D eigenvalue weighted by molar-refractivity contribution is 6.00. The first-order valence-electron chi connectivity index (χ1n) is 10.2. The minimum atomic E-state index is -0.285. The van der Waals surface area contributed by atoms with Gasteiger partial charge in [0, 0.05) is 29.3 Å². The van der Waals surface area contributed by atoms with Gasteiger partial charge in [0.1, 0.15) is 23.8 Å². The molecule has 0 aliphatic carbocycles. The van der Waals surface area contributed by atoms with Crippen LogP contribution in [0, 0.1) is 0 Å². The lowest BCUT2D eigenvalue weighted by Crippen LogP contribution is -2.20. The normalized spacial score (nSPS) is 10.3. The van der Waals surface area contributed by atoms with Crippen molar-refractivity contribution in [3.05, 3.63) is 90.9 Å². The number of nitrogens with zero attached hydrogens (tertiary/aromatic N) is 3. The van der Waals surface area contributed by atoms with E-state index in [0.29, 0.717) is 23.1 Å². The maximum Gasteiger partial charge on any atom is 0.323 e. The standard InChI is InChI=1S/C24H23N7O/c1-2-17-7-3-4-8-20(17)30-24(32)29-19-12-10-18(11-13-19)28-22-15-23(27-16-26-22)31-21-9-5-6-14-25-21/h3-16H,2H2,1H3,(H2,29,30,32)(H2,25,26,27,28,31). The van der Waals surface area contributed by atoms with Crippen LogP contribution in [0.4, 0.5) is 39.3 Å². The number of amides is 2. The first kappa shape index (κ1) is 20.8. The van der Waals surface area contributed by atoms with Crippen LogP contribution in [0.1, 0.15) is 12.5 Å². The fraction of sp³-hybridized carbons (Fsp3) is 0.0833. The summed E-state index contributed by atoms with van der Waals surface area (Å²) >= 11 is 0. The van der Waals surface area contributed by atoms with E-state index in [0.717, 1.165) is 23.4 Å². The van der Waals surface area contributed by atoms with E-state index < -0.39 is 0 Å². The molecule has 0 atom stereocenters. The summed E-state index contributed by atoms with van der Waals surface area (Å²) in [7, 11) is 0. The molecule has 4 rings (SSSR count). The molecule has 0 aliphatic rings. The number of hydrogen-bond donors (Lipinski definition) is 4. The second-order valence-corrected chi connectivity index (χ2v) is 6.92. The number of hydrogen-bond acceptors (Lipinski definition) is 6. The molecular formula is C24H23N7O. The minimum absolute atomic E-state index is 0.285. The van der Waals surface area contributed by atoms with Crippen LogP contribution in [-0.2, 0) is 6.42 Å². The van der Waals surface area contributed by atoms with E-state index in [1.807, 2.05) is 66.7 Å². The van der Waals surface area contributed by atoms with E-state index in [-0.39, 0.29) is 6.03 Å². The van der Waals surface area contributed by atoms with Crippen molar-refractivity contribution in [3.8, 4) is 0 Å². The van der Waals surface area contributed by atoms with Gasteiger partial charge in [-0.05, 0) is 54.4 Å². The van der Waals surface area contributed by atoms with Crippen molar-refractivity contribution in [2.75, 3.05) is 21.3 Å². The Kier molecular flexibility index (Phi) is 6.52. The van der Waals surface area contributed by atoms with Crippen molar-refractivity contribution in [1.82, 2.24) is 15.0 Å². The molecule has 4 N–H and O–H groups in total. The number of aromatic nitrogens is 3. The smallest absolute Gasteiger partial charge is 0.323 e. The molecule has 2 aromatic carbocycles. The van der Waals surface area contributed by atoms with Gasteiger partial charge >= 0.3 is 6.03 Å². The lowest BCUT2D eigenvalue weighted by Gasteiger charge is -2.12. The van der Waals surface area contributed by atoms with Gasteiger partial charge in [-0.3, -0.25) is 0 Å². The molecule has 0 unspecified atom stereocenters. The van der Waals surface area contributed by atoms with Crippen molar-refractivity contribution in [1.29, 1.82) is 0 Å². The van der Waals surface area contributed by atoms with Gasteiger partial charge in [-0.15, -0.1) is 0 Å². The molecule has 4 aromatic rings. The topological polar surface area (TPSA) is 104 Å². The Morgan fingerprint density at radius 3 is 2.22 bits per heavy atom. The molecule has 0 saturated heterocycles. The van der Waals surface area contributed by atoms with E-state index in [9.17, 15) is 4.79 Å². The molecule has 8 heteroatoms. The third kappa shape index (κ3) is 5.57. The summed E-state index contributed by atoms with van der Waals surface area (Å²) < 4.78 is 0. The lowest BCUT2D eigenvalue weighted by atomic mass is 10.1. The third-order valence-electron chi connectivity index (χ3n) is 4.65. The molecule has 2 heterocycles. The zero-order valence-electron chi connectivity index (χ0n) is 17.5. The summed E-state index contributed by atoms with van der Waals surface area (Å²) in [4.78, 5) is 25.0. The van der Waals surface area contributed by atoms with Gasteiger partial charge in [0.15, 0.2) is 0 Å². The van der Waals surface area contributed by atoms with Crippen LogP contribution in [-0.4, -0.2) is 21.0 Å². The van der Waals surface area contributed by atoms with Crippen LogP contribution in [0.15, 0.2) is 85.3 Å². The lowest BCUT2D eigenvalue weighted by molar-refractivity contribution is 0.262. The van der Waals surface area contributed by atoms with Gasteiger partial charge in [-0.25, -0.2) is 19.7 Å². The second kappa shape index (κ2) is 10.0. The summed E-state index contributed by atoms with van der Waals surface area (Å²) in [5.41, 5.74) is 3.41. The quantitative estimate of drug-likeness (QED) is 0.309. The number of aryl methyl sites for hydroxylation is 1. The minimum Gasteiger partial charge on any atom is -0.340 e. The highest BCUT2D eigenvalue weighted by Crippen LogP contribution is 2.21. The number of rotatable bonds is 7. The van der Waals surface area contributed by atoms with Crippen LogP contribution >= 0.6 is 0 Å². The fourth-order valence-corrected chi connectivity index (χ4v) is 3.08. The Balaban J connectivity index is 1.36. The third-order valence-corrected chi connectivity index (χ3v) is 4.65. The summed E-state index contributed by atoms with van der Waals surface area (Å²) in [5.74, 6) is 1.96. The summed E-state index contributed by atoms with van der Waals surface area (Å²) in [6, 6.07) is 22.2. The SMILES string of the molecule is CCc1ccccc1NC(=O)Nc1ccc(Nc2cc(Nc3ccccn3)ncn2)cc1. The molecule has 160 valence electrons. The molecule has 2 amide bonds. The Bertz CT molecular complexity index is 1180. The number of urea groups is 1. The average molecular weight is 425 g/mol. The first-order chi connectivity index (χ1) is 15.7. The van der Waals surface area contributed by atoms with Gasteiger partial charge < -0.3 is 21.3 Å². The van der Waals surface area contributed by atoms with E-state index in [1.54, 1.807) is 12.3 Å². The molecule has 0 spiro atoms. The first-order valence-corrected chi connectivity index (χ1v) is 10.2. The van der Waals surface area contributed by atoms with Crippen LogP contribution < -0.4 is 21.3 Å². The van der Waals surface area contributed by atoms with Crippen molar-refractivity contribution in [3.63, 3.8) is 0 Å².